The van der Waals surface area contributed by atoms with Crippen LogP contribution in [0.15, 0.2) is 36.4 Å². The molecule has 0 aliphatic carbocycles. The number of rotatable bonds is 6. The highest BCUT2D eigenvalue weighted by Crippen LogP contribution is 2.41. The number of fused-ring (bicyclic) bond motifs is 1. The standard InChI is InChI=1S/C22H24N2O5/c1-4-24-20(25)15-10-16-18(12-29-19(16)17(11-15)21(26)23-3)13-7-6-8-14(9-13)22(27)28-5-2/h6-11,18H,4-5,12H2,1-3H3,(H,23,26)(H,24,25)/t18-/m0/s1. The van der Waals surface area contributed by atoms with Gasteiger partial charge < -0.3 is 20.1 Å². The van der Waals surface area contributed by atoms with Gasteiger partial charge in [-0.15, -0.1) is 0 Å². The monoisotopic (exact) mass is 396 g/mol. The van der Waals surface area contributed by atoms with Gasteiger partial charge in [0, 0.05) is 30.6 Å². The molecule has 2 aromatic rings. The summed E-state index contributed by atoms with van der Waals surface area (Å²) < 4.78 is 10.9. The van der Waals surface area contributed by atoms with Crippen LogP contribution in [0.1, 0.15) is 62.0 Å². The number of hydrogen-bond donors (Lipinski definition) is 2. The Morgan fingerprint density at radius 1 is 1.10 bits per heavy atom. The minimum Gasteiger partial charge on any atom is -0.491 e. The Balaban J connectivity index is 2.06. The summed E-state index contributed by atoms with van der Waals surface area (Å²) in [6.07, 6.45) is 0. The van der Waals surface area contributed by atoms with E-state index in [1.165, 1.54) is 7.05 Å². The minimum atomic E-state index is -0.393. The molecule has 0 aromatic heterocycles. The van der Waals surface area contributed by atoms with Gasteiger partial charge in [0.15, 0.2) is 0 Å². The molecule has 7 nitrogen and oxygen atoms in total. The van der Waals surface area contributed by atoms with Gasteiger partial charge in [-0.05, 0) is 43.7 Å². The third-order valence-corrected chi connectivity index (χ3v) is 4.76. The number of nitrogens with one attached hydrogen (secondary N) is 2. The predicted molar refractivity (Wildman–Crippen MR) is 108 cm³/mol. The number of carbonyl (C=O) groups excluding carboxylic acids is 3. The van der Waals surface area contributed by atoms with Gasteiger partial charge in [0.1, 0.15) is 5.75 Å². The van der Waals surface area contributed by atoms with Crippen molar-refractivity contribution < 1.29 is 23.9 Å². The molecule has 0 fully saturated rings. The molecule has 2 amide bonds. The van der Waals surface area contributed by atoms with Gasteiger partial charge in [0.2, 0.25) is 0 Å². The van der Waals surface area contributed by atoms with Gasteiger partial charge in [-0.25, -0.2) is 4.79 Å². The zero-order chi connectivity index (χ0) is 21.0. The van der Waals surface area contributed by atoms with Crippen molar-refractivity contribution in [2.24, 2.45) is 0 Å². The van der Waals surface area contributed by atoms with Gasteiger partial charge in [0.05, 0.1) is 24.3 Å². The summed E-state index contributed by atoms with van der Waals surface area (Å²) in [5.41, 5.74) is 2.75. The molecule has 29 heavy (non-hydrogen) atoms. The maximum absolute atomic E-state index is 12.4. The van der Waals surface area contributed by atoms with Crippen molar-refractivity contribution in [1.29, 1.82) is 0 Å². The molecule has 7 heteroatoms. The fraction of sp³-hybridized carbons (Fsp3) is 0.318. The number of benzene rings is 2. The van der Waals surface area contributed by atoms with E-state index in [4.69, 9.17) is 9.47 Å². The van der Waals surface area contributed by atoms with Gasteiger partial charge in [-0.3, -0.25) is 9.59 Å². The third-order valence-electron chi connectivity index (χ3n) is 4.76. The van der Waals surface area contributed by atoms with Gasteiger partial charge >= 0.3 is 5.97 Å². The number of ether oxygens (including phenoxy) is 2. The first-order valence-corrected chi connectivity index (χ1v) is 9.58. The highest BCUT2D eigenvalue weighted by atomic mass is 16.5. The van der Waals surface area contributed by atoms with Gasteiger partial charge in [0.25, 0.3) is 11.8 Å². The molecule has 1 aliphatic rings. The molecule has 152 valence electrons. The summed E-state index contributed by atoms with van der Waals surface area (Å²) in [6.45, 7) is 4.67. The molecule has 0 unspecified atom stereocenters. The summed E-state index contributed by atoms with van der Waals surface area (Å²) in [5.74, 6) is -0.726. The Kier molecular flexibility index (Phi) is 6.16. The normalized spacial score (nSPS) is 14.5. The topological polar surface area (TPSA) is 93.7 Å². The zero-order valence-electron chi connectivity index (χ0n) is 16.7. The minimum absolute atomic E-state index is 0.211. The second kappa shape index (κ2) is 8.77. The molecule has 1 heterocycles. The van der Waals surface area contributed by atoms with Crippen LogP contribution in [0.5, 0.6) is 5.75 Å². The Bertz CT molecular complexity index is 954. The SMILES string of the molecule is CCNC(=O)c1cc(C(=O)NC)c2c(c1)[C@H](c1cccc(C(=O)OCC)c1)CO2. The van der Waals surface area contributed by atoms with Crippen molar-refractivity contribution in [1.82, 2.24) is 10.6 Å². The molecular formula is C22H24N2O5. The molecule has 0 bridgehead atoms. The summed E-state index contributed by atoms with van der Waals surface area (Å²) in [4.78, 5) is 36.9. The largest absolute Gasteiger partial charge is 0.491 e. The Labute approximate surface area is 169 Å². The average Bonchev–Trinajstić information content (AvgIpc) is 3.17. The molecule has 2 aromatic carbocycles. The molecule has 0 saturated heterocycles. The van der Waals surface area contributed by atoms with Crippen LogP contribution in [-0.4, -0.2) is 44.6 Å². The van der Waals surface area contributed by atoms with E-state index in [0.717, 1.165) is 11.1 Å². The van der Waals surface area contributed by atoms with E-state index < -0.39 is 5.97 Å². The molecule has 3 rings (SSSR count). The van der Waals surface area contributed by atoms with Crippen LogP contribution in [0.4, 0.5) is 0 Å². The quantitative estimate of drug-likeness (QED) is 0.732. The summed E-state index contributed by atoms with van der Waals surface area (Å²) in [7, 11) is 1.53. The van der Waals surface area contributed by atoms with E-state index in [9.17, 15) is 14.4 Å². The maximum Gasteiger partial charge on any atom is 0.338 e. The first-order chi connectivity index (χ1) is 14.0. The maximum atomic E-state index is 12.4. The van der Waals surface area contributed by atoms with E-state index >= 15 is 0 Å². The van der Waals surface area contributed by atoms with Crippen molar-refractivity contribution in [3.63, 3.8) is 0 Å². The highest BCUT2D eigenvalue weighted by Gasteiger charge is 2.31. The van der Waals surface area contributed by atoms with E-state index in [2.05, 4.69) is 10.6 Å². The Morgan fingerprint density at radius 3 is 2.59 bits per heavy atom. The van der Waals surface area contributed by atoms with Crippen molar-refractivity contribution in [2.75, 3.05) is 26.8 Å². The van der Waals surface area contributed by atoms with Crippen LogP contribution >= 0.6 is 0 Å². The van der Waals surface area contributed by atoms with Crippen LogP contribution in [0, 0.1) is 0 Å². The lowest BCUT2D eigenvalue weighted by molar-refractivity contribution is 0.0526. The van der Waals surface area contributed by atoms with Crippen LogP contribution in [-0.2, 0) is 4.74 Å². The molecule has 2 N–H and O–H groups in total. The Morgan fingerprint density at radius 2 is 1.90 bits per heavy atom. The lowest BCUT2D eigenvalue weighted by Crippen LogP contribution is -2.24. The fourth-order valence-electron chi connectivity index (χ4n) is 3.40. The first kappa shape index (κ1) is 20.4. The molecule has 0 saturated carbocycles. The van der Waals surface area contributed by atoms with E-state index in [1.807, 2.05) is 13.0 Å². The lowest BCUT2D eigenvalue weighted by atomic mass is 9.89. The number of carbonyl (C=O) groups is 3. The number of amides is 2. The molecule has 1 aliphatic heterocycles. The molecule has 0 radical (unpaired) electrons. The van der Waals surface area contributed by atoms with Gasteiger partial charge in [-0.2, -0.15) is 0 Å². The lowest BCUT2D eigenvalue weighted by Gasteiger charge is -2.13. The van der Waals surface area contributed by atoms with Gasteiger partial charge in [-0.1, -0.05) is 12.1 Å². The van der Waals surface area contributed by atoms with Crippen LogP contribution in [0.25, 0.3) is 0 Å². The van der Waals surface area contributed by atoms with E-state index in [0.29, 0.717) is 42.2 Å². The van der Waals surface area contributed by atoms with Crippen molar-refractivity contribution in [3.8, 4) is 5.75 Å². The van der Waals surface area contributed by atoms with Crippen molar-refractivity contribution in [2.45, 2.75) is 19.8 Å². The smallest absolute Gasteiger partial charge is 0.338 e. The summed E-state index contributed by atoms with van der Waals surface area (Å²) in [5, 5.41) is 5.35. The van der Waals surface area contributed by atoms with Crippen LogP contribution < -0.4 is 15.4 Å². The second-order valence-corrected chi connectivity index (χ2v) is 6.59. The Hall–Kier alpha value is -3.35. The number of hydrogen-bond acceptors (Lipinski definition) is 5. The molecular weight excluding hydrogens is 372 g/mol. The first-order valence-electron chi connectivity index (χ1n) is 9.58. The van der Waals surface area contributed by atoms with Crippen LogP contribution in [0.2, 0.25) is 0 Å². The zero-order valence-corrected chi connectivity index (χ0v) is 16.7. The summed E-state index contributed by atoms with van der Waals surface area (Å²) in [6, 6.07) is 10.4. The van der Waals surface area contributed by atoms with E-state index in [1.54, 1.807) is 37.3 Å². The molecule has 1 atom stereocenters. The predicted octanol–water partition coefficient (Wildman–Crippen LogP) is 2.50. The summed E-state index contributed by atoms with van der Waals surface area (Å²) >= 11 is 0. The third kappa shape index (κ3) is 4.08. The molecule has 0 spiro atoms. The highest BCUT2D eigenvalue weighted by molar-refractivity contribution is 6.02. The van der Waals surface area contributed by atoms with Crippen LogP contribution in [0.3, 0.4) is 0 Å². The van der Waals surface area contributed by atoms with E-state index in [-0.39, 0.29) is 17.7 Å². The fourth-order valence-corrected chi connectivity index (χ4v) is 3.40. The van der Waals surface area contributed by atoms with Crippen molar-refractivity contribution in [3.05, 3.63) is 64.2 Å². The van der Waals surface area contributed by atoms with Crippen molar-refractivity contribution >= 4 is 17.8 Å². The average molecular weight is 396 g/mol. The second-order valence-electron chi connectivity index (χ2n) is 6.59. The number of esters is 1.